The van der Waals surface area contributed by atoms with Crippen molar-refractivity contribution in [1.29, 1.82) is 0 Å². The van der Waals surface area contributed by atoms with Crippen LogP contribution in [0.2, 0.25) is 11.1 Å². The van der Waals surface area contributed by atoms with Gasteiger partial charge in [-0.05, 0) is 60.8 Å². The molecule has 11 heteroatoms. The summed E-state index contributed by atoms with van der Waals surface area (Å²) in [5.41, 5.74) is 0.754. The molecular weight excluding hydrogens is 524 g/mol. The van der Waals surface area contributed by atoms with Crippen LogP contribution in [-0.4, -0.2) is 81.5 Å². The van der Waals surface area contributed by atoms with E-state index in [4.69, 9.17) is 31.7 Å². The second-order valence-electron chi connectivity index (χ2n) is 8.62. The zero-order chi connectivity index (χ0) is 30.0. The van der Waals surface area contributed by atoms with Gasteiger partial charge in [0.2, 0.25) is 0 Å². The Morgan fingerprint density at radius 1 is 0.579 bits per heavy atom. The number of carbonyl (C=O) groups is 1. The molecule has 9 nitrogen and oxygen atoms in total. The Balaban J connectivity index is -0.000000492. The molecule has 0 aliphatic carbocycles. The van der Waals surface area contributed by atoms with Gasteiger partial charge in [0.25, 0.3) is 0 Å². The van der Waals surface area contributed by atoms with Crippen LogP contribution in [0.25, 0.3) is 0 Å². The van der Waals surface area contributed by atoms with Gasteiger partial charge in [-0.15, -0.1) is 0 Å². The number of esters is 1. The zero-order valence-electron chi connectivity index (χ0n) is 26.7. The van der Waals surface area contributed by atoms with Crippen LogP contribution in [0.15, 0.2) is 0 Å². The molecule has 0 saturated carbocycles. The van der Waals surface area contributed by atoms with Crippen molar-refractivity contribution in [2.45, 2.75) is 113 Å². The molecule has 1 N–H and O–H groups in total. The fourth-order valence-corrected chi connectivity index (χ4v) is 8.89. The van der Waals surface area contributed by atoms with Crippen molar-refractivity contribution in [3.8, 4) is 0 Å². The average molecular weight is 587 g/mol. The third-order valence-electron chi connectivity index (χ3n) is 5.86. The molecule has 0 radical (unpaired) electrons. The minimum Gasteiger partial charge on any atom is -0.463 e. The molecule has 232 valence electrons. The Morgan fingerprint density at radius 3 is 1.05 bits per heavy atom. The Bertz CT molecular complexity index is 461. The fraction of sp³-hybridized carbons (Fsp3) is 0.963. The highest BCUT2D eigenvalue weighted by molar-refractivity contribution is 6.62. The highest BCUT2D eigenvalue weighted by atomic mass is 28.4. The van der Waals surface area contributed by atoms with Crippen molar-refractivity contribution >= 4 is 23.6 Å². The predicted molar refractivity (Wildman–Crippen MR) is 158 cm³/mol. The first-order chi connectivity index (χ1) is 18.0. The molecule has 3 atom stereocenters. The summed E-state index contributed by atoms with van der Waals surface area (Å²) < 4.78 is 39.2. The predicted octanol–water partition coefficient (Wildman–Crippen LogP) is 6.24. The topological polar surface area (TPSA) is 102 Å². The normalized spacial score (nSPS) is 13.9. The van der Waals surface area contributed by atoms with Gasteiger partial charge in [-0.25, -0.2) is 0 Å². The largest absolute Gasteiger partial charge is 0.503 e. The lowest BCUT2D eigenvalue weighted by atomic mass is 10.1. The van der Waals surface area contributed by atoms with Crippen LogP contribution in [0.3, 0.4) is 0 Å². The minimum absolute atomic E-state index is 0.0495. The molecule has 0 aromatic rings. The van der Waals surface area contributed by atoms with Crippen molar-refractivity contribution in [3.63, 3.8) is 0 Å². The van der Waals surface area contributed by atoms with Gasteiger partial charge in [0, 0.05) is 50.7 Å². The lowest BCUT2D eigenvalue weighted by molar-refractivity contribution is -0.149. The number of rotatable bonds is 20. The highest BCUT2D eigenvalue weighted by Gasteiger charge is 2.46. The molecule has 0 aromatic heterocycles. The van der Waals surface area contributed by atoms with Crippen molar-refractivity contribution in [1.82, 2.24) is 0 Å². The van der Waals surface area contributed by atoms with Gasteiger partial charge in [-0.3, -0.25) is 4.79 Å². The van der Waals surface area contributed by atoms with Crippen LogP contribution in [0.1, 0.15) is 102 Å². The maximum absolute atomic E-state index is 10.8. The summed E-state index contributed by atoms with van der Waals surface area (Å²) in [6.45, 7) is 28.2. The highest BCUT2D eigenvalue weighted by Crippen LogP contribution is 2.29. The first-order valence-electron chi connectivity index (χ1n) is 14.7. The lowest BCUT2D eigenvalue weighted by Crippen LogP contribution is -2.49. The second-order valence-corrected chi connectivity index (χ2v) is 14.7. The maximum atomic E-state index is 10.8. The van der Waals surface area contributed by atoms with Gasteiger partial charge >= 0.3 is 23.6 Å². The summed E-state index contributed by atoms with van der Waals surface area (Å²) in [7, 11) is -4.80. The SMILES string of the molecule is CCC(C)C(=O)OCCO.CCO[Si](OCC)(OCC)C(C)CC.CCO[Si](OCC)(OCC)C(C)CC. The minimum atomic E-state index is -2.40. The molecule has 3 unspecified atom stereocenters. The molecule has 0 heterocycles. The van der Waals surface area contributed by atoms with Crippen LogP contribution in [0, 0.1) is 5.92 Å². The van der Waals surface area contributed by atoms with Gasteiger partial charge < -0.3 is 36.4 Å². The Morgan fingerprint density at radius 2 is 0.868 bits per heavy atom. The van der Waals surface area contributed by atoms with Gasteiger partial charge in [-0.1, -0.05) is 41.5 Å². The van der Waals surface area contributed by atoms with Crippen LogP contribution in [0.4, 0.5) is 0 Å². The van der Waals surface area contributed by atoms with E-state index in [1.54, 1.807) is 6.92 Å². The van der Waals surface area contributed by atoms with Crippen molar-refractivity contribution in [2.75, 3.05) is 52.9 Å². The summed E-state index contributed by atoms with van der Waals surface area (Å²) in [6.07, 6.45) is 2.85. The van der Waals surface area contributed by atoms with Crippen molar-refractivity contribution < 1.29 is 41.2 Å². The maximum Gasteiger partial charge on any atom is 0.503 e. The summed E-state index contributed by atoms with van der Waals surface area (Å²) >= 11 is 0. The number of aliphatic hydroxyl groups excluding tert-OH is 1. The molecule has 0 saturated heterocycles. The molecular formula is C27H62O9Si2. The van der Waals surface area contributed by atoms with E-state index in [0.717, 1.165) is 19.3 Å². The zero-order valence-corrected chi connectivity index (χ0v) is 28.7. The number of carbonyl (C=O) groups excluding carboxylic acids is 1. The molecule has 0 spiro atoms. The summed E-state index contributed by atoms with van der Waals surface area (Å²) in [5, 5.41) is 8.29. The molecule has 0 bridgehead atoms. The number of aliphatic hydroxyl groups is 1. The summed E-state index contributed by atoms with van der Waals surface area (Å²) in [4.78, 5) is 10.8. The summed E-state index contributed by atoms with van der Waals surface area (Å²) in [6, 6.07) is 0. The van der Waals surface area contributed by atoms with E-state index in [1.807, 2.05) is 48.5 Å². The molecule has 38 heavy (non-hydrogen) atoms. The van der Waals surface area contributed by atoms with E-state index in [1.165, 1.54) is 0 Å². The van der Waals surface area contributed by atoms with Crippen LogP contribution in [0.5, 0.6) is 0 Å². The van der Waals surface area contributed by atoms with Gasteiger partial charge in [-0.2, -0.15) is 0 Å². The third-order valence-corrected chi connectivity index (χ3v) is 13.2. The molecule has 0 amide bonds. The van der Waals surface area contributed by atoms with Gasteiger partial charge in [0.05, 0.1) is 12.5 Å². The quantitative estimate of drug-likeness (QED) is 0.131. The Labute approximate surface area is 236 Å². The smallest absolute Gasteiger partial charge is 0.463 e. The first kappa shape index (κ1) is 42.1. The molecule has 0 fully saturated rings. The van der Waals surface area contributed by atoms with Crippen LogP contribution >= 0.6 is 0 Å². The number of hydrogen-bond donors (Lipinski definition) is 1. The van der Waals surface area contributed by atoms with E-state index in [2.05, 4.69) is 32.4 Å². The van der Waals surface area contributed by atoms with E-state index in [-0.39, 0.29) is 25.1 Å². The fourth-order valence-electron chi connectivity index (χ4n) is 3.27. The third kappa shape index (κ3) is 17.3. The van der Waals surface area contributed by atoms with E-state index >= 15 is 0 Å². The molecule has 0 aliphatic heterocycles. The van der Waals surface area contributed by atoms with Gasteiger partial charge in [0.15, 0.2) is 0 Å². The first-order valence-corrected chi connectivity index (χ1v) is 18.3. The standard InChI is InChI=1S/2C10H24O3Si.C7H14O3/c2*1-6-10(5)14(11-7-2,12-8-3)13-9-4;1-3-6(2)7(9)10-5-4-8/h2*10H,6-9H2,1-5H3;6,8H,3-5H2,1-2H3. The molecule has 0 aromatic carbocycles. The number of ether oxygens (including phenoxy) is 1. The van der Waals surface area contributed by atoms with Gasteiger partial charge in [0.1, 0.15) is 6.61 Å². The average Bonchev–Trinajstić information content (AvgIpc) is 2.91. The Hall–Kier alpha value is -0.376. The molecule has 0 aliphatic rings. The van der Waals surface area contributed by atoms with E-state index in [9.17, 15) is 4.79 Å². The summed E-state index contributed by atoms with van der Waals surface area (Å²) in [5.74, 6) is -0.275. The van der Waals surface area contributed by atoms with Crippen LogP contribution < -0.4 is 0 Å². The monoisotopic (exact) mass is 586 g/mol. The lowest BCUT2D eigenvalue weighted by Gasteiger charge is -2.32. The van der Waals surface area contributed by atoms with Crippen molar-refractivity contribution in [2.24, 2.45) is 5.92 Å². The number of hydrogen-bond acceptors (Lipinski definition) is 9. The Kier molecular flexibility index (Phi) is 29.7. The van der Waals surface area contributed by atoms with Crippen molar-refractivity contribution in [3.05, 3.63) is 0 Å². The van der Waals surface area contributed by atoms with E-state index in [0.29, 0.717) is 50.7 Å². The van der Waals surface area contributed by atoms with Crippen LogP contribution in [-0.2, 0) is 36.1 Å². The second kappa shape index (κ2) is 26.8. The van der Waals surface area contributed by atoms with E-state index < -0.39 is 17.6 Å². The molecule has 0 rings (SSSR count).